The number of nitrogens with one attached hydrogen (secondary N) is 1. The molecule has 0 aromatic heterocycles. The van der Waals surface area contributed by atoms with Crippen molar-refractivity contribution >= 4 is 17.3 Å². The SMILES string of the molecule is CN1CCOc2cc(O)c(C3(O)C(=O)Nc4cccc(C[C@H]5CCCO5)c43)cc21. The fourth-order valence-corrected chi connectivity index (χ4v) is 4.61. The van der Waals surface area contributed by atoms with Gasteiger partial charge in [0.25, 0.3) is 5.91 Å². The van der Waals surface area contributed by atoms with Gasteiger partial charge in [0, 0.05) is 36.5 Å². The Kier molecular flexibility index (Phi) is 4.18. The number of hydrogen-bond acceptors (Lipinski definition) is 6. The average Bonchev–Trinajstić information content (AvgIpc) is 3.29. The Bertz CT molecular complexity index is 985. The van der Waals surface area contributed by atoms with Crippen molar-refractivity contribution in [1.29, 1.82) is 0 Å². The molecule has 2 aromatic rings. The second-order valence-electron chi connectivity index (χ2n) is 7.95. The van der Waals surface area contributed by atoms with Gasteiger partial charge in [0.2, 0.25) is 5.60 Å². The molecule has 1 fully saturated rings. The molecule has 1 unspecified atom stereocenters. The summed E-state index contributed by atoms with van der Waals surface area (Å²) in [5.41, 5.74) is 0.809. The topological polar surface area (TPSA) is 91.3 Å². The van der Waals surface area contributed by atoms with E-state index in [0.29, 0.717) is 36.6 Å². The second-order valence-corrected chi connectivity index (χ2v) is 7.95. The van der Waals surface area contributed by atoms with Crippen LogP contribution in [-0.2, 0) is 21.6 Å². The van der Waals surface area contributed by atoms with Gasteiger partial charge in [-0.2, -0.15) is 0 Å². The van der Waals surface area contributed by atoms with Crippen LogP contribution < -0.4 is 15.0 Å². The van der Waals surface area contributed by atoms with E-state index in [4.69, 9.17) is 9.47 Å². The quantitative estimate of drug-likeness (QED) is 0.736. The van der Waals surface area contributed by atoms with Crippen LogP contribution >= 0.6 is 0 Å². The van der Waals surface area contributed by atoms with Crippen LogP contribution in [0.15, 0.2) is 30.3 Å². The van der Waals surface area contributed by atoms with E-state index in [1.165, 1.54) is 6.07 Å². The number of rotatable bonds is 3. The van der Waals surface area contributed by atoms with Gasteiger partial charge in [0.1, 0.15) is 18.1 Å². The van der Waals surface area contributed by atoms with Gasteiger partial charge in [-0.15, -0.1) is 0 Å². The van der Waals surface area contributed by atoms with Gasteiger partial charge < -0.3 is 29.9 Å². The predicted octanol–water partition coefficient (Wildman–Crippen LogP) is 2.13. The lowest BCUT2D eigenvalue weighted by atomic mass is 9.82. The summed E-state index contributed by atoms with van der Waals surface area (Å²) in [4.78, 5) is 15.0. The van der Waals surface area contributed by atoms with E-state index in [9.17, 15) is 15.0 Å². The van der Waals surface area contributed by atoms with E-state index in [1.807, 2.05) is 24.1 Å². The molecule has 3 heterocycles. The third kappa shape index (κ3) is 2.76. The number of carbonyl (C=O) groups excluding carboxylic acids is 1. The minimum absolute atomic E-state index is 0.0677. The number of anilines is 2. The van der Waals surface area contributed by atoms with Crippen molar-refractivity contribution in [2.24, 2.45) is 0 Å². The van der Waals surface area contributed by atoms with Gasteiger partial charge in [-0.1, -0.05) is 12.1 Å². The molecule has 2 aromatic carbocycles. The predicted molar refractivity (Wildman–Crippen MR) is 108 cm³/mol. The zero-order chi connectivity index (χ0) is 20.2. The van der Waals surface area contributed by atoms with Crippen molar-refractivity contribution in [1.82, 2.24) is 0 Å². The third-order valence-electron chi connectivity index (χ3n) is 6.12. The van der Waals surface area contributed by atoms with Crippen LogP contribution in [0.3, 0.4) is 0 Å². The summed E-state index contributed by atoms with van der Waals surface area (Å²) in [7, 11) is 1.91. The summed E-state index contributed by atoms with van der Waals surface area (Å²) >= 11 is 0. The van der Waals surface area contributed by atoms with Crippen LogP contribution in [-0.4, -0.2) is 49.0 Å². The van der Waals surface area contributed by atoms with E-state index in [-0.39, 0.29) is 17.4 Å². The maximum absolute atomic E-state index is 13.0. The largest absolute Gasteiger partial charge is 0.507 e. The number of ether oxygens (including phenoxy) is 2. The van der Waals surface area contributed by atoms with Crippen LogP contribution in [0.5, 0.6) is 11.5 Å². The molecule has 29 heavy (non-hydrogen) atoms. The van der Waals surface area contributed by atoms with Gasteiger partial charge in [-0.25, -0.2) is 0 Å². The first-order valence-electron chi connectivity index (χ1n) is 9.97. The van der Waals surface area contributed by atoms with Gasteiger partial charge in [0.15, 0.2) is 0 Å². The van der Waals surface area contributed by atoms with Gasteiger partial charge in [0.05, 0.1) is 18.3 Å². The van der Waals surface area contributed by atoms with Gasteiger partial charge in [-0.3, -0.25) is 4.79 Å². The number of likely N-dealkylation sites (N-methyl/N-ethyl adjacent to an activating group) is 1. The molecule has 0 aliphatic carbocycles. The van der Waals surface area contributed by atoms with E-state index in [2.05, 4.69) is 5.32 Å². The van der Waals surface area contributed by atoms with Crippen molar-refractivity contribution in [2.45, 2.75) is 31.0 Å². The zero-order valence-electron chi connectivity index (χ0n) is 16.3. The molecule has 2 atom stereocenters. The summed E-state index contributed by atoms with van der Waals surface area (Å²) in [6.07, 6.45) is 2.64. The van der Waals surface area contributed by atoms with Gasteiger partial charge >= 0.3 is 0 Å². The first-order chi connectivity index (χ1) is 14.0. The number of fused-ring (bicyclic) bond motifs is 2. The number of aromatic hydroxyl groups is 1. The number of aliphatic hydroxyl groups is 1. The molecule has 5 rings (SSSR count). The zero-order valence-corrected chi connectivity index (χ0v) is 16.3. The first kappa shape index (κ1) is 18.3. The molecular formula is C22H24N2O5. The number of nitrogens with zero attached hydrogens (tertiary/aromatic N) is 1. The van der Waals surface area contributed by atoms with E-state index >= 15 is 0 Å². The van der Waals surface area contributed by atoms with Crippen molar-refractivity contribution in [2.75, 3.05) is 37.0 Å². The Labute approximate surface area is 168 Å². The molecule has 0 radical (unpaired) electrons. The fraction of sp³-hybridized carbons (Fsp3) is 0.409. The molecule has 0 bridgehead atoms. The Morgan fingerprint density at radius 3 is 2.97 bits per heavy atom. The highest BCUT2D eigenvalue weighted by atomic mass is 16.5. The van der Waals surface area contributed by atoms with Crippen LogP contribution in [0.25, 0.3) is 0 Å². The van der Waals surface area contributed by atoms with Crippen molar-refractivity contribution < 1.29 is 24.5 Å². The summed E-state index contributed by atoms with van der Waals surface area (Å²) in [5, 5.41) is 25.3. The fourth-order valence-electron chi connectivity index (χ4n) is 4.61. The molecule has 1 saturated heterocycles. The number of phenolic OH excluding ortho intramolecular Hbond substituents is 1. The summed E-state index contributed by atoms with van der Waals surface area (Å²) in [5.74, 6) is -0.201. The van der Waals surface area contributed by atoms with Crippen molar-refractivity contribution in [3.8, 4) is 11.5 Å². The molecule has 0 saturated carbocycles. The normalized spacial score (nSPS) is 25.4. The molecule has 0 spiro atoms. The first-order valence-corrected chi connectivity index (χ1v) is 9.97. The highest BCUT2D eigenvalue weighted by molar-refractivity contribution is 6.08. The van der Waals surface area contributed by atoms with Crippen LogP contribution in [0, 0.1) is 0 Å². The molecular weight excluding hydrogens is 372 g/mol. The summed E-state index contributed by atoms with van der Waals surface area (Å²) in [6.45, 7) is 1.93. The van der Waals surface area contributed by atoms with Crippen molar-refractivity contribution in [3.05, 3.63) is 47.0 Å². The lowest BCUT2D eigenvalue weighted by molar-refractivity contribution is -0.129. The molecule has 1 amide bonds. The second kappa shape index (κ2) is 6.64. The standard InChI is InChI=1S/C22H24N2O5/c1-24-7-9-29-19-12-18(25)15(11-17(19)24)22(27)20-13(10-14-5-3-8-28-14)4-2-6-16(20)23-21(22)26/h2,4,6,11-12,14,25,27H,3,5,7-10H2,1H3,(H,23,26)/t14-,22?/m1/s1. The molecule has 7 nitrogen and oxygen atoms in total. The van der Waals surface area contributed by atoms with Crippen molar-refractivity contribution in [3.63, 3.8) is 0 Å². The number of phenols is 1. The maximum atomic E-state index is 13.0. The summed E-state index contributed by atoms with van der Waals surface area (Å²) in [6, 6.07) is 8.68. The molecule has 3 N–H and O–H groups in total. The Morgan fingerprint density at radius 1 is 1.31 bits per heavy atom. The minimum atomic E-state index is -1.98. The Hall–Kier alpha value is -2.77. The maximum Gasteiger partial charge on any atom is 0.266 e. The minimum Gasteiger partial charge on any atom is -0.507 e. The number of hydrogen-bond donors (Lipinski definition) is 3. The molecule has 7 heteroatoms. The Morgan fingerprint density at radius 2 is 2.17 bits per heavy atom. The van der Waals surface area contributed by atoms with E-state index in [0.717, 1.165) is 30.7 Å². The van der Waals surface area contributed by atoms with Gasteiger partial charge in [-0.05, 0) is 37.0 Å². The number of amides is 1. The number of carbonyl (C=O) groups is 1. The lowest BCUT2D eigenvalue weighted by Gasteiger charge is -2.31. The third-order valence-corrected chi connectivity index (χ3v) is 6.12. The smallest absolute Gasteiger partial charge is 0.266 e. The lowest BCUT2D eigenvalue weighted by Crippen LogP contribution is -2.37. The highest BCUT2D eigenvalue weighted by Gasteiger charge is 2.50. The summed E-state index contributed by atoms with van der Waals surface area (Å²) < 4.78 is 11.4. The molecule has 152 valence electrons. The molecule has 3 aliphatic heterocycles. The monoisotopic (exact) mass is 396 g/mol. The van der Waals surface area contributed by atoms with E-state index < -0.39 is 11.5 Å². The van der Waals surface area contributed by atoms with Crippen LogP contribution in [0.2, 0.25) is 0 Å². The number of benzene rings is 2. The van der Waals surface area contributed by atoms with E-state index in [1.54, 1.807) is 12.1 Å². The highest BCUT2D eigenvalue weighted by Crippen LogP contribution is 2.49. The average molecular weight is 396 g/mol. The van der Waals surface area contributed by atoms with Crippen LogP contribution in [0.1, 0.15) is 29.5 Å². The van der Waals surface area contributed by atoms with Crippen LogP contribution in [0.4, 0.5) is 11.4 Å². The molecule has 3 aliphatic rings. The Balaban J connectivity index is 1.65.